The van der Waals surface area contributed by atoms with Crippen LogP contribution >= 0.6 is 0 Å². The van der Waals surface area contributed by atoms with Gasteiger partial charge in [0.15, 0.2) is 0 Å². The summed E-state index contributed by atoms with van der Waals surface area (Å²) in [5, 5.41) is 12.3. The van der Waals surface area contributed by atoms with Gasteiger partial charge in [-0.25, -0.2) is 0 Å². The predicted octanol–water partition coefficient (Wildman–Crippen LogP) is -0.546. The molecule has 0 saturated carbocycles. The molecule has 1 aromatic rings. The molecular weight excluding hydrogens is 224 g/mol. The number of aliphatic hydroxyl groups excluding tert-OH is 1. The zero-order valence-corrected chi connectivity index (χ0v) is 12.1. The van der Waals surface area contributed by atoms with Crippen LogP contribution < -0.4 is 10.2 Å². The molecule has 3 nitrogen and oxygen atoms in total. The van der Waals surface area contributed by atoms with Crippen LogP contribution in [0.25, 0.3) is 0 Å². The van der Waals surface area contributed by atoms with E-state index in [-0.39, 0.29) is 6.10 Å². The zero-order chi connectivity index (χ0) is 13.6. The van der Waals surface area contributed by atoms with Gasteiger partial charge in [0.2, 0.25) is 0 Å². The molecule has 102 valence electrons. The van der Waals surface area contributed by atoms with Gasteiger partial charge >= 0.3 is 0 Å². The lowest BCUT2D eigenvalue weighted by atomic mass is 9.93. The zero-order valence-electron chi connectivity index (χ0n) is 12.1. The first-order valence-electron chi connectivity index (χ1n) is 6.74. The van der Waals surface area contributed by atoms with Gasteiger partial charge in [-0.3, -0.25) is 0 Å². The highest BCUT2D eigenvalue weighted by Crippen LogP contribution is 2.10. The van der Waals surface area contributed by atoms with E-state index in [4.69, 9.17) is 0 Å². The molecule has 0 aliphatic heterocycles. The summed E-state index contributed by atoms with van der Waals surface area (Å²) in [5.74, 6) is 0. The minimum Gasteiger partial charge on any atom is -0.382 e. The van der Waals surface area contributed by atoms with E-state index in [2.05, 4.69) is 33.3 Å². The van der Waals surface area contributed by atoms with Crippen molar-refractivity contribution in [1.29, 1.82) is 0 Å². The topological polar surface area (TPSA) is 41.3 Å². The van der Waals surface area contributed by atoms with Gasteiger partial charge in [-0.05, 0) is 19.4 Å². The number of aliphatic hydroxyl groups is 1. The Bertz CT molecular complexity index is 336. The van der Waals surface area contributed by atoms with Crippen LogP contribution in [0.5, 0.6) is 0 Å². The van der Waals surface area contributed by atoms with Crippen molar-refractivity contribution in [2.45, 2.75) is 20.0 Å². The fourth-order valence-corrected chi connectivity index (χ4v) is 2.47. The highest BCUT2D eigenvalue weighted by molar-refractivity contribution is 5.16. The molecule has 1 rings (SSSR count). The van der Waals surface area contributed by atoms with E-state index < -0.39 is 0 Å². The van der Waals surface area contributed by atoms with Crippen LogP contribution in [-0.4, -0.2) is 38.8 Å². The number of hydrogen-bond donors (Lipinski definition) is 3. The molecule has 0 spiro atoms. The molecule has 4 N–H and O–H groups in total. The lowest BCUT2D eigenvalue weighted by Gasteiger charge is -2.24. The Hall–Kier alpha value is -0.900. The van der Waals surface area contributed by atoms with Crippen molar-refractivity contribution in [3.05, 3.63) is 35.9 Å². The maximum Gasteiger partial charge on any atom is 0.128 e. The summed E-state index contributed by atoms with van der Waals surface area (Å²) in [5.41, 5.74) is 1.31. The number of hydrogen-bond acceptors (Lipinski definition) is 1. The van der Waals surface area contributed by atoms with Crippen LogP contribution in [0.15, 0.2) is 30.3 Å². The summed E-state index contributed by atoms with van der Waals surface area (Å²) in [6.45, 7) is 7.49. The molecule has 3 heteroatoms. The predicted molar refractivity (Wildman–Crippen MR) is 74.5 cm³/mol. The Morgan fingerprint density at radius 3 is 2.39 bits per heavy atom. The Kier molecular flexibility index (Phi) is 5.79. The van der Waals surface area contributed by atoms with Gasteiger partial charge in [0.05, 0.1) is 32.6 Å². The van der Waals surface area contributed by atoms with Gasteiger partial charge in [0.25, 0.3) is 0 Å². The summed E-state index contributed by atoms with van der Waals surface area (Å²) in [6, 6.07) is 9.87. The fourth-order valence-electron chi connectivity index (χ4n) is 2.47. The van der Waals surface area contributed by atoms with Crippen LogP contribution in [0, 0.1) is 5.41 Å². The van der Waals surface area contributed by atoms with E-state index >= 15 is 0 Å². The smallest absolute Gasteiger partial charge is 0.128 e. The van der Waals surface area contributed by atoms with E-state index in [1.807, 2.05) is 30.3 Å². The molecule has 1 atom stereocenters. The molecule has 0 aromatic heterocycles. The number of nitrogens with two attached hydrogens (primary N) is 1. The van der Waals surface area contributed by atoms with E-state index in [9.17, 15) is 5.11 Å². The number of nitrogens with one attached hydrogen (secondary N) is 1. The van der Waals surface area contributed by atoms with Crippen LogP contribution in [0.3, 0.4) is 0 Å². The standard InChI is InChI=1S/C15H26N2O/c1-15(2,12-17(3)4)11-16-10-14(18)13-8-6-5-7-9-13/h5-9,14,16,18H,10-12H2,1-4H3/p+2/t14-/m1/s1. The van der Waals surface area contributed by atoms with Crippen molar-refractivity contribution < 1.29 is 15.3 Å². The van der Waals surface area contributed by atoms with Gasteiger partial charge in [0.1, 0.15) is 12.6 Å². The lowest BCUT2D eigenvalue weighted by molar-refractivity contribution is -0.868. The molecule has 0 aliphatic carbocycles. The van der Waals surface area contributed by atoms with Crippen molar-refractivity contribution in [3.8, 4) is 0 Å². The van der Waals surface area contributed by atoms with Crippen LogP contribution in [0.2, 0.25) is 0 Å². The summed E-state index contributed by atoms with van der Waals surface area (Å²) in [4.78, 5) is 1.47. The highest BCUT2D eigenvalue weighted by Gasteiger charge is 2.24. The number of benzene rings is 1. The average molecular weight is 252 g/mol. The molecule has 1 aromatic carbocycles. The van der Waals surface area contributed by atoms with Crippen molar-refractivity contribution in [1.82, 2.24) is 0 Å². The highest BCUT2D eigenvalue weighted by atomic mass is 16.3. The van der Waals surface area contributed by atoms with Crippen molar-refractivity contribution in [2.75, 3.05) is 33.7 Å². The van der Waals surface area contributed by atoms with Gasteiger partial charge in [-0.1, -0.05) is 30.3 Å². The third-order valence-electron chi connectivity index (χ3n) is 3.10. The summed E-state index contributed by atoms with van der Waals surface area (Å²) in [7, 11) is 4.36. The molecular formula is C15H28N2O+2. The number of quaternary nitrogens is 2. The van der Waals surface area contributed by atoms with Crippen LogP contribution in [0.1, 0.15) is 25.5 Å². The SMILES string of the molecule is C[NH+](C)CC(C)(C)C[NH2+]C[C@@H](O)c1ccccc1. The monoisotopic (exact) mass is 252 g/mol. The molecule has 18 heavy (non-hydrogen) atoms. The normalized spacial score (nSPS) is 13.9. The minimum absolute atomic E-state index is 0.301. The molecule has 0 aliphatic rings. The fraction of sp³-hybridized carbons (Fsp3) is 0.600. The largest absolute Gasteiger partial charge is 0.382 e. The number of rotatable bonds is 7. The second-order valence-electron chi connectivity index (χ2n) is 6.20. The van der Waals surface area contributed by atoms with E-state index in [0.29, 0.717) is 5.41 Å². The first-order chi connectivity index (χ1) is 8.41. The molecule has 0 unspecified atom stereocenters. The first-order valence-corrected chi connectivity index (χ1v) is 6.74. The molecule has 0 fully saturated rings. The maximum atomic E-state index is 10.1. The van der Waals surface area contributed by atoms with E-state index in [1.165, 1.54) is 4.90 Å². The molecule has 0 heterocycles. The minimum atomic E-state index is -0.367. The van der Waals surface area contributed by atoms with Gasteiger partial charge in [-0.2, -0.15) is 0 Å². The van der Waals surface area contributed by atoms with Crippen molar-refractivity contribution >= 4 is 0 Å². The van der Waals surface area contributed by atoms with Gasteiger partial charge < -0.3 is 15.3 Å². The second-order valence-corrected chi connectivity index (χ2v) is 6.20. The molecule has 0 bridgehead atoms. The van der Waals surface area contributed by atoms with Gasteiger partial charge in [-0.15, -0.1) is 0 Å². The summed E-state index contributed by atoms with van der Waals surface area (Å²) < 4.78 is 0. The third-order valence-corrected chi connectivity index (χ3v) is 3.10. The Labute approximate surface area is 111 Å². The Morgan fingerprint density at radius 1 is 1.22 bits per heavy atom. The van der Waals surface area contributed by atoms with Crippen molar-refractivity contribution in [3.63, 3.8) is 0 Å². The second kappa shape index (κ2) is 6.88. The lowest BCUT2D eigenvalue weighted by Crippen LogP contribution is -3.08. The van der Waals surface area contributed by atoms with Crippen molar-refractivity contribution in [2.24, 2.45) is 5.41 Å². The first kappa shape index (κ1) is 15.2. The molecule has 0 saturated heterocycles. The van der Waals surface area contributed by atoms with Gasteiger partial charge in [0, 0.05) is 0 Å². The van der Waals surface area contributed by atoms with Crippen LogP contribution in [0.4, 0.5) is 0 Å². The molecule has 0 amide bonds. The summed E-state index contributed by atoms with van der Waals surface area (Å²) in [6.07, 6.45) is -0.367. The maximum absolute atomic E-state index is 10.1. The molecule has 0 radical (unpaired) electrons. The average Bonchev–Trinajstić information content (AvgIpc) is 2.28. The quantitative estimate of drug-likeness (QED) is 0.599. The Balaban J connectivity index is 2.33. The third kappa shape index (κ3) is 5.63. The van der Waals surface area contributed by atoms with E-state index in [0.717, 1.165) is 25.2 Å². The Morgan fingerprint density at radius 2 is 1.83 bits per heavy atom. The summed E-state index contributed by atoms with van der Waals surface area (Å²) >= 11 is 0. The van der Waals surface area contributed by atoms with Crippen LogP contribution in [-0.2, 0) is 0 Å². The van der Waals surface area contributed by atoms with E-state index in [1.54, 1.807) is 0 Å².